The van der Waals surface area contributed by atoms with E-state index in [-0.39, 0.29) is 17.5 Å². The van der Waals surface area contributed by atoms with E-state index in [2.05, 4.69) is 33.9 Å². The number of rotatable bonds is 11. The second-order valence-electron chi connectivity index (χ2n) is 13.8. The maximum Gasteiger partial charge on any atom is 0.272 e. The number of para-hydroxylation sites is 1. The van der Waals surface area contributed by atoms with Crippen LogP contribution in [0.2, 0.25) is 18.1 Å². The summed E-state index contributed by atoms with van der Waals surface area (Å²) in [6.07, 6.45) is 10.3. The molecule has 5 rings (SSSR count). The first-order chi connectivity index (χ1) is 23.8. The number of carbonyl (C=O) groups is 1. The van der Waals surface area contributed by atoms with Gasteiger partial charge in [0.05, 0.1) is 31.6 Å². The van der Waals surface area contributed by atoms with E-state index >= 15 is 0 Å². The lowest BCUT2D eigenvalue weighted by Gasteiger charge is -2.46. The first-order valence-corrected chi connectivity index (χ1v) is 21.3. The number of carbonyl (C=O) groups excluding carboxylic acids is 1. The van der Waals surface area contributed by atoms with E-state index in [1.165, 1.54) is 11.8 Å². The molecule has 0 N–H and O–H groups in total. The van der Waals surface area contributed by atoms with E-state index in [1.807, 2.05) is 96.2 Å². The zero-order valence-corrected chi connectivity index (χ0v) is 32.6. The minimum atomic E-state index is -2.32. The fourth-order valence-electron chi connectivity index (χ4n) is 5.55. The number of thiocarbonyl (C=S) groups is 1. The topological polar surface area (TPSA) is 69.7 Å². The predicted molar refractivity (Wildman–Crippen MR) is 208 cm³/mol. The van der Waals surface area contributed by atoms with Crippen molar-refractivity contribution in [1.82, 2.24) is 5.01 Å². The monoisotopic (exact) mass is 732 g/mol. The van der Waals surface area contributed by atoms with Gasteiger partial charge >= 0.3 is 0 Å². The van der Waals surface area contributed by atoms with Gasteiger partial charge in [-0.15, -0.1) is 0 Å². The van der Waals surface area contributed by atoms with Crippen molar-refractivity contribution in [3.8, 4) is 11.5 Å². The van der Waals surface area contributed by atoms with Gasteiger partial charge in [0.15, 0.2) is 24.1 Å². The third kappa shape index (κ3) is 8.70. The smallest absolute Gasteiger partial charge is 0.272 e. The van der Waals surface area contributed by atoms with Gasteiger partial charge in [-0.05, 0) is 84.6 Å². The Balaban J connectivity index is 1.53. The minimum Gasteiger partial charge on any atom is -0.493 e. The fraction of sp³-hybridized carbons (Fsp3) is 0.385. The SMILES string of the molecule is COc1ccc(C(=O)N(CCC2(O[Si](C)(C)C(C)(C)C)C=CC3(C=C2)OCCO3)N(C(=S)SC)c2ccccc2)cc1OCc1ccccc1. The number of hydrogen-bond donors (Lipinski definition) is 0. The van der Waals surface area contributed by atoms with E-state index in [0.717, 1.165) is 11.3 Å². The van der Waals surface area contributed by atoms with Gasteiger partial charge in [0.25, 0.3) is 5.91 Å². The second-order valence-corrected chi connectivity index (χ2v) is 20.0. The summed E-state index contributed by atoms with van der Waals surface area (Å²) < 4.78 is 31.5. The van der Waals surface area contributed by atoms with Crippen LogP contribution in [0.25, 0.3) is 0 Å². The summed E-state index contributed by atoms with van der Waals surface area (Å²) in [4.78, 5) is 14.8. The summed E-state index contributed by atoms with van der Waals surface area (Å²) in [6, 6.07) is 24.9. The number of ether oxygens (including phenoxy) is 4. The van der Waals surface area contributed by atoms with Gasteiger partial charge in [-0.3, -0.25) is 4.79 Å². The standard InChI is InChI=1S/C39H48N2O6S2Si/c1-37(2,3)50(6,7)47-38(20-22-39(23-21-38)45-26-27-46-39)24-25-40(41(36(48)49-5)32-16-12-9-13-17-32)35(42)31-18-19-33(43-4)34(28-31)44-29-30-14-10-8-11-15-30/h8-23,28H,24-27,29H2,1-7H3. The lowest BCUT2D eigenvalue weighted by atomic mass is 9.92. The molecule has 1 spiro atoms. The molecule has 3 aromatic carbocycles. The summed E-state index contributed by atoms with van der Waals surface area (Å²) in [5.74, 6) is -0.139. The molecule has 1 saturated heterocycles. The summed E-state index contributed by atoms with van der Waals surface area (Å²) in [6.45, 7) is 12.8. The van der Waals surface area contributed by atoms with Crippen molar-refractivity contribution in [3.63, 3.8) is 0 Å². The quantitative estimate of drug-likeness (QED) is 0.0833. The molecule has 2 aliphatic rings. The summed E-state index contributed by atoms with van der Waals surface area (Å²) >= 11 is 7.34. The lowest BCUT2D eigenvalue weighted by Crippen LogP contribution is -2.53. The number of hydrazine groups is 1. The van der Waals surface area contributed by atoms with Gasteiger partial charge < -0.3 is 23.4 Å². The number of benzene rings is 3. The van der Waals surface area contributed by atoms with Crippen LogP contribution in [0.15, 0.2) is 103 Å². The lowest BCUT2D eigenvalue weighted by molar-refractivity contribution is -0.0787. The number of nitrogens with zero attached hydrogens (tertiary/aromatic N) is 2. The first-order valence-electron chi connectivity index (χ1n) is 16.8. The molecule has 50 heavy (non-hydrogen) atoms. The molecule has 1 aliphatic carbocycles. The maximum atomic E-state index is 14.8. The molecule has 1 fully saturated rings. The number of hydrogen-bond acceptors (Lipinski definition) is 8. The second kappa shape index (κ2) is 15.8. The van der Waals surface area contributed by atoms with Gasteiger partial charge in [0, 0.05) is 18.5 Å². The molecule has 1 heterocycles. The molecule has 0 unspecified atom stereocenters. The molecule has 3 aromatic rings. The third-order valence-electron chi connectivity index (χ3n) is 9.37. The predicted octanol–water partition coefficient (Wildman–Crippen LogP) is 8.81. The molecule has 0 radical (unpaired) electrons. The Labute approximate surface area is 307 Å². The van der Waals surface area contributed by atoms with Crippen molar-refractivity contribution < 1.29 is 28.2 Å². The van der Waals surface area contributed by atoms with Gasteiger partial charge in [-0.25, -0.2) is 10.0 Å². The molecule has 0 saturated carbocycles. The Bertz CT molecular complexity index is 1670. The highest BCUT2D eigenvalue weighted by Crippen LogP contribution is 2.43. The van der Waals surface area contributed by atoms with Crippen LogP contribution in [-0.4, -0.2) is 68.1 Å². The average Bonchev–Trinajstić information content (AvgIpc) is 3.58. The molecule has 8 nitrogen and oxygen atoms in total. The zero-order valence-electron chi connectivity index (χ0n) is 30.0. The van der Waals surface area contributed by atoms with Gasteiger partial charge in [0.2, 0.25) is 5.79 Å². The van der Waals surface area contributed by atoms with Crippen molar-refractivity contribution >= 4 is 48.2 Å². The van der Waals surface area contributed by atoms with Crippen molar-refractivity contribution in [3.05, 3.63) is 114 Å². The van der Waals surface area contributed by atoms with Crippen LogP contribution in [0.3, 0.4) is 0 Å². The summed E-state index contributed by atoms with van der Waals surface area (Å²) in [5, 5.41) is 3.47. The van der Waals surface area contributed by atoms with E-state index in [9.17, 15) is 4.79 Å². The van der Waals surface area contributed by atoms with Crippen LogP contribution in [0, 0.1) is 0 Å². The largest absolute Gasteiger partial charge is 0.493 e. The van der Waals surface area contributed by atoms with Crippen LogP contribution in [0.5, 0.6) is 11.5 Å². The summed E-state index contributed by atoms with van der Waals surface area (Å²) in [7, 11) is -0.727. The molecule has 266 valence electrons. The third-order valence-corrected chi connectivity index (χ3v) is 15.1. The zero-order chi connectivity index (χ0) is 36.0. The Morgan fingerprint density at radius 2 is 1.54 bits per heavy atom. The van der Waals surface area contributed by atoms with E-state index < -0.39 is 19.7 Å². The van der Waals surface area contributed by atoms with E-state index in [0.29, 0.717) is 47.6 Å². The van der Waals surface area contributed by atoms with Crippen molar-refractivity contribution in [2.24, 2.45) is 0 Å². The highest BCUT2D eigenvalue weighted by atomic mass is 32.2. The molecule has 0 aromatic heterocycles. The molecule has 0 atom stereocenters. The van der Waals surface area contributed by atoms with Crippen molar-refractivity contribution in [2.75, 3.05) is 38.1 Å². The van der Waals surface area contributed by atoms with Gasteiger partial charge in [-0.1, -0.05) is 93.3 Å². The van der Waals surface area contributed by atoms with E-state index in [1.54, 1.807) is 30.3 Å². The Hall–Kier alpha value is -3.45. The molecule has 1 aliphatic heterocycles. The minimum absolute atomic E-state index is 0.0532. The van der Waals surface area contributed by atoms with Gasteiger partial charge in [-0.2, -0.15) is 0 Å². The normalized spacial score (nSPS) is 16.3. The first kappa shape index (κ1) is 37.8. The number of thioether (sulfide) groups is 1. The molecule has 1 amide bonds. The van der Waals surface area contributed by atoms with Crippen molar-refractivity contribution in [2.45, 2.75) is 63.3 Å². The Morgan fingerprint density at radius 3 is 2.12 bits per heavy atom. The Morgan fingerprint density at radius 1 is 0.920 bits per heavy atom. The van der Waals surface area contributed by atoms with Gasteiger partial charge in [0.1, 0.15) is 6.61 Å². The van der Waals surface area contributed by atoms with Crippen LogP contribution >= 0.6 is 24.0 Å². The van der Waals surface area contributed by atoms with Crippen LogP contribution in [0.1, 0.15) is 43.1 Å². The van der Waals surface area contributed by atoms with Crippen LogP contribution < -0.4 is 14.5 Å². The average molecular weight is 733 g/mol. The van der Waals surface area contributed by atoms with Crippen LogP contribution in [0.4, 0.5) is 5.69 Å². The number of anilines is 1. The highest BCUT2D eigenvalue weighted by Gasteiger charge is 2.46. The summed E-state index contributed by atoms with van der Waals surface area (Å²) in [5.41, 5.74) is 1.38. The van der Waals surface area contributed by atoms with Crippen molar-refractivity contribution in [1.29, 1.82) is 0 Å². The van der Waals surface area contributed by atoms with E-state index in [4.69, 9.17) is 35.6 Å². The molecular weight excluding hydrogens is 685 g/mol. The number of amides is 1. The molecule has 0 bridgehead atoms. The highest BCUT2D eigenvalue weighted by molar-refractivity contribution is 8.22. The molecule has 11 heteroatoms. The maximum absolute atomic E-state index is 14.8. The number of methoxy groups -OCH3 is 1. The molecular formula is C39H48N2O6S2Si. The van der Waals surface area contributed by atoms with Crippen LogP contribution in [-0.2, 0) is 20.5 Å². The Kier molecular flexibility index (Phi) is 12.0. The fourth-order valence-corrected chi connectivity index (χ4v) is 7.63.